The number of nitrogens with one attached hydrogen (secondary N) is 1. The van der Waals surface area contributed by atoms with Crippen molar-refractivity contribution in [2.75, 3.05) is 6.54 Å². The Bertz CT molecular complexity index is 371. The molecule has 0 spiro atoms. The zero-order valence-electron chi connectivity index (χ0n) is 10.3. The number of nitrogens with two attached hydrogens (primary N) is 1. The van der Waals surface area contributed by atoms with Crippen molar-refractivity contribution in [2.24, 2.45) is 11.7 Å². The Hall–Kier alpha value is -0.870. The molecule has 0 fully saturated rings. The van der Waals surface area contributed by atoms with Crippen LogP contribution in [0.3, 0.4) is 0 Å². The van der Waals surface area contributed by atoms with E-state index in [1.807, 2.05) is 19.9 Å². The van der Waals surface area contributed by atoms with Crippen molar-refractivity contribution < 1.29 is 4.79 Å². The third kappa shape index (κ3) is 3.32. The molecule has 0 bridgehead atoms. The largest absolute Gasteiger partial charge is 0.368 e. The highest BCUT2D eigenvalue weighted by molar-refractivity contribution is 7.12. The predicted molar refractivity (Wildman–Crippen MR) is 68.6 cm³/mol. The smallest absolute Gasteiger partial charge is 0.239 e. The minimum absolute atomic E-state index is 0.304. The minimum atomic E-state index is -0.354. The molecule has 4 heteroatoms. The SMILES string of the molecule is Cc1cc(C(NCC(C)C)C(N)=O)c(C)s1. The summed E-state index contributed by atoms with van der Waals surface area (Å²) in [6.45, 7) is 9.08. The van der Waals surface area contributed by atoms with E-state index in [1.165, 1.54) is 4.88 Å². The van der Waals surface area contributed by atoms with E-state index >= 15 is 0 Å². The zero-order chi connectivity index (χ0) is 12.3. The van der Waals surface area contributed by atoms with E-state index in [0.29, 0.717) is 5.92 Å². The number of primary amides is 1. The van der Waals surface area contributed by atoms with Crippen molar-refractivity contribution in [1.82, 2.24) is 5.32 Å². The Kier molecular flexibility index (Phi) is 4.50. The van der Waals surface area contributed by atoms with Crippen LogP contribution in [0.1, 0.15) is 35.2 Å². The van der Waals surface area contributed by atoms with Crippen LogP contribution in [-0.2, 0) is 4.79 Å². The normalized spacial score (nSPS) is 13.1. The van der Waals surface area contributed by atoms with Crippen LogP contribution >= 0.6 is 11.3 Å². The second-order valence-corrected chi connectivity index (χ2v) is 5.97. The molecule has 0 saturated carbocycles. The Morgan fingerprint density at radius 2 is 2.12 bits per heavy atom. The quantitative estimate of drug-likeness (QED) is 0.828. The van der Waals surface area contributed by atoms with Gasteiger partial charge >= 0.3 is 0 Å². The highest BCUT2D eigenvalue weighted by Gasteiger charge is 2.20. The Labute approximate surface area is 101 Å². The van der Waals surface area contributed by atoms with Gasteiger partial charge in [0.25, 0.3) is 0 Å². The van der Waals surface area contributed by atoms with Crippen molar-refractivity contribution >= 4 is 17.2 Å². The van der Waals surface area contributed by atoms with Gasteiger partial charge in [-0.3, -0.25) is 4.79 Å². The maximum atomic E-state index is 11.4. The molecule has 1 amide bonds. The number of thiophene rings is 1. The zero-order valence-corrected chi connectivity index (χ0v) is 11.1. The fourth-order valence-electron chi connectivity index (χ4n) is 1.65. The first-order valence-corrected chi connectivity index (χ1v) is 6.33. The summed E-state index contributed by atoms with van der Waals surface area (Å²) in [6.07, 6.45) is 0. The van der Waals surface area contributed by atoms with E-state index in [-0.39, 0.29) is 11.9 Å². The number of carbonyl (C=O) groups is 1. The van der Waals surface area contributed by atoms with Gasteiger partial charge in [0.15, 0.2) is 0 Å². The lowest BCUT2D eigenvalue weighted by Gasteiger charge is -2.16. The molecule has 0 radical (unpaired) electrons. The van der Waals surface area contributed by atoms with Crippen molar-refractivity contribution in [3.8, 4) is 0 Å². The van der Waals surface area contributed by atoms with Gasteiger partial charge < -0.3 is 11.1 Å². The van der Waals surface area contributed by atoms with Crippen LogP contribution in [0.5, 0.6) is 0 Å². The molecule has 1 rings (SSSR count). The van der Waals surface area contributed by atoms with Crippen LogP contribution in [-0.4, -0.2) is 12.5 Å². The van der Waals surface area contributed by atoms with Gasteiger partial charge in [-0.25, -0.2) is 0 Å². The van der Waals surface area contributed by atoms with Crippen LogP contribution in [0.15, 0.2) is 6.07 Å². The maximum Gasteiger partial charge on any atom is 0.239 e. The molecule has 0 aromatic carbocycles. The van der Waals surface area contributed by atoms with E-state index in [1.54, 1.807) is 11.3 Å². The molecule has 16 heavy (non-hydrogen) atoms. The molecule has 1 aromatic rings. The lowest BCUT2D eigenvalue weighted by atomic mass is 10.1. The van der Waals surface area contributed by atoms with Gasteiger partial charge in [-0.1, -0.05) is 13.8 Å². The third-order valence-electron chi connectivity index (χ3n) is 2.41. The highest BCUT2D eigenvalue weighted by atomic mass is 32.1. The fraction of sp³-hybridized carbons (Fsp3) is 0.583. The van der Waals surface area contributed by atoms with Gasteiger partial charge in [0.1, 0.15) is 6.04 Å². The van der Waals surface area contributed by atoms with E-state index < -0.39 is 0 Å². The van der Waals surface area contributed by atoms with E-state index in [2.05, 4.69) is 19.2 Å². The number of amides is 1. The molecule has 1 heterocycles. The monoisotopic (exact) mass is 240 g/mol. The highest BCUT2D eigenvalue weighted by Crippen LogP contribution is 2.26. The Balaban J connectivity index is 2.85. The lowest BCUT2D eigenvalue weighted by Crippen LogP contribution is -2.35. The van der Waals surface area contributed by atoms with Crippen LogP contribution in [0.2, 0.25) is 0 Å². The Morgan fingerprint density at radius 3 is 2.50 bits per heavy atom. The van der Waals surface area contributed by atoms with Crippen LogP contribution < -0.4 is 11.1 Å². The molecule has 3 nitrogen and oxygen atoms in total. The summed E-state index contributed by atoms with van der Waals surface area (Å²) >= 11 is 1.70. The van der Waals surface area contributed by atoms with Gasteiger partial charge in [-0.2, -0.15) is 0 Å². The summed E-state index contributed by atoms with van der Waals surface area (Å²) in [6, 6.07) is 1.69. The summed E-state index contributed by atoms with van der Waals surface area (Å²) in [5, 5.41) is 3.22. The first kappa shape index (κ1) is 13.2. The summed E-state index contributed by atoms with van der Waals surface area (Å²) in [7, 11) is 0. The third-order valence-corrected chi connectivity index (χ3v) is 3.39. The lowest BCUT2D eigenvalue weighted by molar-refractivity contribution is -0.120. The molecule has 0 aliphatic heterocycles. The first-order valence-electron chi connectivity index (χ1n) is 5.51. The minimum Gasteiger partial charge on any atom is -0.368 e. The van der Waals surface area contributed by atoms with Gasteiger partial charge in [-0.15, -0.1) is 11.3 Å². The molecule has 3 N–H and O–H groups in total. The molecular formula is C12H20N2OS. The van der Waals surface area contributed by atoms with E-state index in [4.69, 9.17) is 5.73 Å². The molecule has 0 aliphatic rings. The molecule has 90 valence electrons. The van der Waals surface area contributed by atoms with Crippen molar-refractivity contribution in [3.05, 3.63) is 21.4 Å². The van der Waals surface area contributed by atoms with Crippen molar-refractivity contribution in [3.63, 3.8) is 0 Å². The molecule has 1 aromatic heterocycles. The van der Waals surface area contributed by atoms with Gasteiger partial charge in [0.05, 0.1) is 0 Å². The van der Waals surface area contributed by atoms with Crippen molar-refractivity contribution in [1.29, 1.82) is 0 Å². The summed E-state index contributed by atoms with van der Waals surface area (Å²) < 4.78 is 0. The molecular weight excluding hydrogens is 220 g/mol. The number of hydrogen-bond acceptors (Lipinski definition) is 3. The second-order valence-electron chi connectivity index (χ2n) is 4.51. The van der Waals surface area contributed by atoms with Crippen LogP contribution in [0, 0.1) is 19.8 Å². The maximum absolute atomic E-state index is 11.4. The molecule has 1 unspecified atom stereocenters. The van der Waals surface area contributed by atoms with Gasteiger partial charge in [-0.05, 0) is 37.9 Å². The van der Waals surface area contributed by atoms with Crippen LogP contribution in [0.25, 0.3) is 0 Å². The summed E-state index contributed by atoms with van der Waals surface area (Å²) in [4.78, 5) is 13.8. The standard InChI is InChI=1S/C12H20N2OS/c1-7(2)6-14-11(12(13)15)10-5-8(3)16-9(10)4/h5,7,11,14H,6H2,1-4H3,(H2,13,15). The average Bonchev–Trinajstić information content (AvgIpc) is 2.45. The average molecular weight is 240 g/mol. The number of hydrogen-bond donors (Lipinski definition) is 2. The number of rotatable bonds is 5. The second kappa shape index (κ2) is 5.46. The first-order chi connectivity index (χ1) is 7.41. The number of aryl methyl sites for hydroxylation is 2. The van der Waals surface area contributed by atoms with Crippen molar-refractivity contribution in [2.45, 2.75) is 33.7 Å². The topological polar surface area (TPSA) is 55.1 Å². The van der Waals surface area contributed by atoms with E-state index in [0.717, 1.165) is 17.0 Å². The molecule has 0 saturated heterocycles. The molecule has 0 aliphatic carbocycles. The Morgan fingerprint density at radius 1 is 1.50 bits per heavy atom. The van der Waals surface area contributed by atoms with E-state index in [9.17, 15) is 4.79 Å². The fourth-order valence-corrected chi connectivity index (χ4v) is 2.62. The predicted octanol–water partition coefficient (Wildman–Crippen LogP) is 2.14. The number of carbonyl (C=O) groups excluding carboxylic acids is 1. The summed E-state index contributed by atoms with van der Waals surface area (Å²) in [5.74, 6) is 0.198. The molecule has 1 atom stereocenters. The van der Waals surface area contributed by atoms with Crippen LogP contribution in [0.4, 0.5) is 0 Å². The van der Waals surface area contributed by atoms with Gasteiger partial charge in [0.2, 0.25) is 5.91 Å². The van der Waals surface area contributed by atoms with Gasteiger partial charge in [0, 0.05) is 9.75 Å². The summed E-state index contributed by atoms with van der Waals surface area (Å²) in [5.41, 5.74) is 6.46.